The molecule has 1 aliphatic heterocycles. The molecule has 1 N–H and O–H groups in total. The molecule has 8 nitrogen and oxygen atoms in total. The fourth-order valence-corrected chi connectivity index (χ4v) is 4.38. The van der Waals surface area contributed by atoms with E-state index in [-0.39, 0.29) is 12.8 Å². The molecule has 5 rings (SSSR count). The summed E-state index contributed by atoms with van der Waals surface area (Å²) in [6, 6.07) is 9.54. The second kappa shape index (κ2) is 7.65. The molecule has 0 bridgehead atoms. The van der Waals surface area contributed by atoms with E-state index in [1.54, 1.807) is 36.5 Å². The molecule has 1 saturated heterocycles. The van der Waals surface area contributed by atoms with E-state index in [9.17, 15) is 23.2 Å². The predicted octanol–water partition coefficient (Wildman–Crippen LogP) is 3.37. The number of carbonyl (C=O) groups excluding carboxylic acids is 3. The standard InChI is InChI=1S/C23H19F2N5O3/c24-23(25)9-7-22(8-10-23)20(32)30(21(33)29-22)12-17(31)14-3-5-15(6-4-14)18-16-2-1-11-26-19(16)28-13-27-18/h1-6,11,13H,7-10,12H2,(H,29,33). The Morgan fingerprint density at radius 3 is 2.45 bits per heavy atom. The predicted molar refractivity (Wildman–Crippen MR) is 113 cm³/mol. The van der Waals surface area contributed by atoms with Gasteiger partial charge in [-0.1, -0.05) is 24.3 Å². The molecule has 0 radical (unpaired) electrons. The summed E-state index contributed by atoms with van der Waals surface area (Å²) < 4.78 is 27.1. The Hall–Kier alpha value is -3.82. The van der Waals surface area contributed by atoms with Crippen molar-refractivity contribution in [3.8, 4) is 11.3 Å². The summed E-state index contributed by atoms with van der Waals surface area (Å²) in [7, 11) is 0. The molecule has 1 spiro atoms. The number of amides is 3. The minimum atomic E-state index is -2.84. The highest BCUT2D eigenvalue weighted by atomic mass is 19.3. The first-order valence-corrected chi connectivity index (χ1v) is 10.5. The molecule has 3 amide bonds. The number of pyridine rings is 1. The number of aromatic nitrogens is 3. The Bertz CT molecular complexity index is 1260. The van der Waals surface area contributed by atoms with Gasteiger partial charge < -0.3 is 5.32 Å². The third-order valence-electron chi connectivity index (χ3n) is 6.27. The molecule has 168 valence electrons. The van der Waals surface area contributed by atoms with Crippen molar-refractivity contribution < 1.29 is 23.2 Å². The lowest BCUT2D eigenvalue weighted by molar-refractivity contribution is -0.135. The molecule has 2 fully saturated rings. The number of imide groups is 1. The Morgan fingerprint density at radius 1 is 1.00 bits per heavy atom. The lowest BCUT2D eigenvalue weighted by Gasteiger charge is -2.34. The van der Waals surface area contributed by atoms with E-state index in [4.69, 9.17) is 0 Å². The minimum Gasteiger partial charge on any atom is -0.323 e. The summed E-state index contributed by atoms with van der Waals surface area (Å²) in [6.07, 6.45) is 1.81. The smallest absolute Gasteiger partial charge is 0.323 e. The van der Waals surface area contributed by atoms with Crippen molar-refractivity contribution in [3.63, 3.8) is 0 Å². The van der Waals surface area contributed by atoms with Crippen molar-refractivity contribution in [1.82, 2.24) is 25.2 Å². The van der Waals surface area contributed by atoms with E-state index in [2.05, 4.69) is 20.3 Å². The molecule has 1 aliphatic carbocycles. The van der Waals surface area contributed by atoms with Gasteiger partial charge in [0.25, 0.3) is 5.91 Å². The average Bonchev–Trinajstić information content (AvgIpc) is 3.05. The number of halogens is 2. The van der Waals surface area contributed by atoms with Gasteiger partial charge in [0.15, 0.2) is 11.4 Å². The maximum absolute atomic E-state index is 13.5. The molecule has 2 aromatic heterocycles. The number of fused-ring (bicyclic) bond motifs is 1. The number of hydrogen-bond donors (Lipinski definition) is 1. The number of carbonyl (C=O) groups is 3. The summed E-state index contributed by atoms with van der Waals surface area (Å²) in [5.74, 6) is -3.89. The third kappa shape index (κ3) is 3.71. The van der Waals surface area contributed by atoms with Crippen LogP contribution in [0, 0.1) is 0 Å². The largest absolute Gasteiger partial charge is 0.325 e. The average molecular weight is 451 g/mol. The SMILES string of the molecule is O=C(CN1C(=O)NC2(CCC(F)(F)CC2)C1=O)c1ccc(-c2ncnc3ncccc23)cc1. The second-order valence-corrected chi connectivity index (χ2v) is 8.36. The van der Waals surface area contributed by atoms with Crippen molar-refractivity contribution >= 4 is 28.8 Å². The normalized spacial score (nSPS) is 19.2. The van der Waals surface area contributed by atoms with Crippen molar-refractivity contribution in [2.45, 2.75) is 37.1 Å². The lowest BCUT2D eigenvalue weighted by Crippen LogP contribution is -2.51. The summed E-state index contributed by atoms with van der Waals surface area (Å²) >= 11 is 0. The van der Waals surface area contributed by atoms with Gasteiger partial charge in [-0.2, -0.15) is 0 Å². The summed E-state index contributed by atoms with van der Waals surface area (Å²) in [6.45, 7) is -0.456. The highest BCUT2D eigenvalue weighted by Crippen LogP contribution is 2.41. The first-order chi connectivity index (χ1) is 15.8. The van der Waals surface area contributed by atoms with E-state index in [0.717, 1.165) is 15.8 Å². The van der Waals surface area contributed by atoms with Gasteiger partial charge in [-0.05, 0) is 25.0 Å². The molecule has 2 aliphatic rings. The van der Waals surface area contributed by atoms with Crippen LogP contribution in [-0.4, -0.2) is 55.6 Å². The summed E-state index contributed by atoms with van der Waals surface area (Å²) in [4.78, 5) is 51.5. The van der Waals surface area contributed by atoms with Crippen LogP contribution in [0.4, 0.5) is 13.6 Å². The van der Waals surface area contributed by atoms with Gasteiger partial charge in [-0.3, -0.25) is 14.5 Å². The second-order valence-electron chi connectivity index (χ2n) is 8.36. The van der Waals surface area contributed by atoms with Crippen LogP contribution in [0.1, 0.15) is 36.0 Å². The van der Waals surface area contributed by atoms with Crippen molar-refractivity contribution in [2.24, 2.45) is 0 Å². The zero-order valence-electron chi connectivity index (χ0n) is 17.4. The van der Waals surface area contributed by atoms with Gasteiger partial charge in [0.1, 0.15) is 11.9 Å². The van der Waals surface area contributed by atoms with E-state index in [1.807, 2.05) is 6.07 Å². The van der Waals surface area contributed by atoms with Crippen LogP contribution >= 0.6 is 0 Å². The summed E-state index contributed by atoms with van der Waals surface area (Å²) in [5.41, 5.74) is 0.939. The number of Topliss-reactive ketones (excluding diaryl/α,β-unsaturated/α-hetero) is 1. The van der Waals surface area contributed by atoms with Crippen LogP contribution in [-0.2, 0) is 4.79 Å². The zero-order valence-corrected chi connectivity index (χ0v) is 17.4. The van der Waals surface area contributed by atoms with Crippen LogP contribution in [0.5, 0.6) is 0 Å². The molecule has 1 aromatic carbocycles. The van der Waals surface area contributed by atoms with Gasteiger partial charge in [0.2, 0.25) is 5.92 Å². The Labute approximate surface area is 187 Å². The molecule has 1 saturated carbocycles. The molecule has 0 unspecified atom stereocenters. The third-order valence-corrected chi connectivity index (χ3v) is 6.27. The van der Waals surface area contributed by atoms with Crippen LogP contribution in [0.2, 0.25) is 0 Å². The Kier molecular flexibility index (Phi) is 4.88. The number of urea groups is 1. The molecule has 3 heterocycles. The topological polar surface area (TPSA) is 105 Å². The van der Waals surface area contributed by atoms with Crippen LogP contribution in [0.15, 0.2) is 48.9 Å². The number of nitrogens with one attached hydrogen (secondary N) is 1. The molecule has 3 aromatic rings. The Balaban J connectivity index is 1.32. The quantitative estimate of drug-likeness (QED) is 0.482. The van der Waals surface area contributed by atoms with E-state index in [1.165, 1.54) is 6.33 Å². The number of hydrogen-bond acceptors (Lipinski definition) is 6. The van der Waals surface area contributed by atoms with Crippen LogP contribution < -0.4 is 5.32 Å². The zero-order chi connectivity index (χ0) is 23.2. The minimum absolute atomic E-state index is 0.147. The van der Waals surface area contributed by atoms with E-state index < -0.39 is 48.6 Å². The lowest BCUT2D eigenvalue weighted by atomic mass is 9.80. The molecule has 10 heteroatoms. The first kappa shape index (κ1) is 21.0. The number of nitrogens with zero attached hydrogens (tertiary/aromatic N) is 4. The monoisotopic (exact) mass is 451 g/mol. The molecule has 0 atom stereocenters. The first-order valence-electron chi connectivity index (χ1n) is 10.5. The van der Waals surface area contributed by atoms with Crippen molar-refractivity contribution in [1.29, 1.82) is 0 Å². The fourth-order valence-electron chi connectivity index (χ4n) is 4.38. The maximum Gasteiger partial charge on any atom is 0.325 e. The number of ketones is 1. The van der Waals surface area contributed by atoms with Gasteiger partial charge >= 0.3 is 6.03 Å². The highest BCUT2D eigenvalue weighted by molar-refractivity contribution is 6.11. The molecular weight excluding hydrogens is 432 g/mol. The van der Waals surface area contributed by atoms with Crippen molar-refractivity contribution in [2.75, 3.05) is 6.54 Å². The Morgan fingerprint density at radius 2 is 1.73 bits per heavy atom. The van der Waals surface area contributed by atoms with Gasteiger partial charge in [0.05, 0.1) is 12.2 Å². The highest BCUT2D eigenvalue weighted by Gasteiger charge is 2.55. The van der Waals surface area contributed by atoms with Crippen LogP contribution in [0.3, 0.4) is 0 Å². The number of benzene rings is 1. The fraction of sp³-hybridized carbons (Fsp3) is 0.304. The summed E-state index contributed by atoms with van der Waals surface area (Å²) in [5, 5.41) is 3.31. The van der Waals surface area contributed by atoms with E-state index in [0.29, 0.717) is 16.9 Å². The molecule has 33 heavy (non-hydrogen) atoms. The number of rotatable bonds is 4. The van der Waals surface area contributed by atoms with Crippen molar-refractivity contribution in [3.05, 3.63) is 54.5 Å². The van der Waals surface area contributed by atoms with E-state index >= 15 is 0 Å². The van der Waals surface area contributed by atoms with Gasteiger partial charge in [-0.25, -0.2) is 28.5 Å². The number of alkyl halides is 2. The maximum atomic E-state index is 13.5. The molecular formula is C23H19F2N5O3. The van der Waals surface area contributed by atoms with Gasteiger partial charge in [0, 0.05) is 35.6 Å². The van der Waals surface area contributed by atoms with Crippen LogP contribution in [0.25, 0.3) is 22.3 Å². The van der Waals surface area contributed by atoms with Gasteiger partial charge in [-0.15, -0.1) is 0 Å².